The molecular weight excluding hydrogens is 573 g/mol. The third-order valence-electron chi connectivity index (χ3n) is 9.18. The van der Waals surface area contributed by atoms with Gasteiger partial charge in [-0.1, -0.05) is 152 Å². The minimum atomic E-state index is -2.90. The van der Waals surface area contributed by atoms with Gasteiger partial charge < -0.3 is 4.57 Å². The van der Waals surface area contributed by atoms with Crippen LogP contribution >= 0.6 is 0 Å². The smallest absolute Gasteiger partial charge is 0.180 e. The number of rotatable bonds is 6. The van der Waals surface area contributed by atoms with Crippen LogP contribution in [0.1, 0.15) is 5.56 Å². The molecule has 0 bridgehead atoms. The Balaban J connectivity index is 1.47. The van der Waals surface area contributed by atoms with Gasteiger partial charge in [0.1, 0.15) is 0 Å². The van der Waals surface area contributed by atoms with Crippen LogP contribution in [0.25, 0.3) is 38.6 Å². The molecule has 0 amide bonds. The topological polar surface area (TPSA) is 28.7 Å². The van der Waals surface area contributed by atoms with Crippen LogP contribution in [0.3, 0.4) is 0 Å². The van der Waals surface area contributed by atoms with Gasteiger partial charge in [-0.3, -0.25) is 0 Å². The Morgan fingerprint density at radius 1 is 0.457 bits per heavy atom. The Hall–Kier alpha value is -5.95. The maximum absolute atomic E-state index is 10.7. The number of fused-ring (bicyclic) bond motifs is 3. The summed E-state index contributed by atoms with van der Waals surface area (Å²) in [6.07, 6.45) is 0. The van der Waals surface area contributed by atoms with E-state index in [2.05, 4.69) is 187 Å². The first-order valence-electron chi connectivity index (χ1n) is 15.6. The fourth-order valence-electron chi connectivity index (χ4n) is 7.30. The van der Waals surface area contributed by atoms with Gasteiger partial charge in [0.25, 0.3) is 0 Å². The summed E-state index contributed by atoms with van der Waals surface area (Å²) in [5.74, 6) is 0. The highest BCUT2D eigenvalue weighted by Crippen LogP contribution is 2.34. The average Bonchev–Trinajstić information content (AvgIpc) is 3.48. The number of benzene rings is 7. The van der Waals surface area contributed by atoms with E-state index in [0.29, 0.717) is 5.56 Å². The first-order chi connectivity index (χ1) is 22.8. The van der Waals surface area contributed by atoms with Crippen molar-refractivity contribution < 1.29 is 0 Å². The van der Waals surface area contributed by atoms with Gasteiger partial charge in [-0.15, -0.1) is 0 Å². The van der Waals surface area contributed by atoms with Gasteiger partial charge in [-0.05, 0) is 62.2 Å². The number of hydrogen-bond acceptors (Lipinski definition) is 1. The average molecular weight is 603 g/mol. The van der Waals surface area contributed by atoms with E-state index in [1.54, 1.807) is 0 Å². The van der Waals surface area contributed by atoms with E-state index in [0.717, 1.165) is 27.8 Å². The molecule has 7 aromatic carbocycles. The van der Waals surface area contributed by atoms with Crippen LogP contribution in [0.2, 0.25) is 0 Å². The Labute approximate surface area is 270 Å². The van der Waals surface area contributed by atoms with Crippen molar-refractivity contribution in [3.8, 4) is 22.9 Å². The number of nitrogens with zero attached hydrogens (tertiary/aromatic N) is 2. The summed E-state index contributed by atoms with van der Waals surface area (Å²) in [5, 5.41) is 18.2. The summed E-state index contributed by atoms with van der Waals surface area (Å²) in [6, 6.07) is 67.5. The van der Waals surface area contributed by atoms with Crippen molar-refractivity contribution in [2.45, 2.75) is 0 Å². The molecule has 46 heavy (non-hydrogen) atoms. The van der Waals surface area contributed by atoms with Gasteiger partial charge in [0.05, 0.1) is 22.7 Å². The van der Waals surface area contributed by atoms with Crippen molar-refractivity contribution in [1.29, 1.82) is 5.26 Å². The monoisotopic (exact) mass is 602 g/mol. The first-order valence-corrected chi connectivity index (χ1v) is 17.6. The summed E-state index contributed by atoms with van der Waals surface area (Å²) in [6.45, 7) is 0. The molecule has 0 aliphatic carbocycles. The second kappa shape index (κ2) is 11.5. The number of aromatic nitrogens is 1. The van der Waals surface area contributed by atoms with E-state index in [9.17, 15) is 5.26 Å². The summed E-state index contributed by atoms with van der Waals surface area (Å²) in [4.78, 5) is 0. The lowest BCUT2D eigenvalue weighted by Crippen LogP contribution is -2.75. The fraction of sp³-hybridized carbons (Fsp3) is 0. The molecule has 0 aliphatic rings. The second-order valence-corrected chi connectivity index (χ2v) is 15.4. The zero-order valence-electron chi connectivity index (χ0n) is 25.2. The molecule has 1 aromatic heterocycles. The molecule has 3 heteroatoms. The standard InChI is InChI=1S/C43H30N2Si/c44-31-33-17-15-29-42(46(35-19-4-1-5-20-35,36-21-6-2-7-22-36)37-23-8-3-9-24-37)43(33)32-16-14-18-34(30-32)45-40-27-12-10-25-38(40)39-26-11-13-28-41(39)45/h1-30H. The van der Waals surface area contributed by atoms with Gasteiger partial charge in [0, 0.05) is 16.5 Å². The highest BCUT2D eigenvalue weighted by Gasteiger charge is 2.43. The van der Waals surface area contributed by atoms with E-state index in [4.69, 9.17) is 0 Å². The maximum atomic E-state index is 10.7. The lowest BCUT2D eigenvalue weighted by Gasteiger charge is -2.36. The minimum Gasteiger partial charge on any atom is -0.309 e. The SMILES string of the molecule is N#Cc1cccc([Si](c2ccccc2)(c2ccccc2)c2ccccc2)c1-c1cccc(-n2c3ccccc3c3ccccc32)c1. The molecule has 8 aromatic rings. The normalized spacial score (nSPS) is 11.5. The second-order valence-electron chi connectivity index (χ2n) is 11.6. The third kappa shape index (κ3) is 4.31. The molecule has 0 saturated carbocycles. The first kappa shape index (κ1) is 27.6. The van der Waals surface area contributed by atoms with Crippen LogP contribution in [0.5, 0.6) is 0 Å². The Morgan fingerprint density at radius 3 is 1.46 bits per heavy atom. The van der Waals surface area contributed by atoms with E-state index >= 15 is 0 Å². The molecule has 8 rings (SSSR count). The van der Waals surface area contributed by atoms with E-state index in [-0.39, 0.29) is 0 Å². The van der Waals surface area contributed by atoms with Crippen molar-refractivity contribution >= 4 is 50.6 Å². The van der Waals surface area contributed by atoms with E-state index < -0.39 is 8.07 Å². The van der Waals surface area contributed by atoms with E-state index in [1.165, 1.54) is 31.5 Å². The predicted octanol–water partition coefficient (Wildman–Crippen LogP) is 7.70. The maximum Gasteiger partial charge on any atom is 0.180 e. The Morgan fingerprint density at radius 2 is 0.935 bits per heavy atom. The predicted molar refractivity (Wildman–Crippen MR) is 195 cm³/mol. The number of hydrogen-bond donors (Lipinski definition) is 0. The molecule has 0 radical (unpaired) electrons. The highest BCUT2D eigenvalue weighted by atomic mass is 28.3. The van der Waals surface area contributed by atoms with Crippen molar-refractivity contribution in [3.63, 3.8) is 0 Å². The summed E-state index contributed by atoms with van der Waals surface area (Å²) in [7, 11) is -2.90. The van der Waals surface area contributed by atoms with Crippen molar-refractivity contribution in [3.05, 3.63) is 188 Å². The van der Waals surface area contributed by atoms with Gasteiger partial charge in [0.2, 0.25) is 0 Å². The number of nitriles is 1. The van der Waals surface area contributed by atoms with Crippen molar-refractivity contribution in [1.82, 2.24) is 4.57 Å². The van der Waals surface area contributed by atoms with Gasteiger partial charge in [0.15, 0.2) is 8.07 Å². The molecule has 0 atom stereocenters. The van der Waals surface area contributed by atoms with Crippen LogP contribution in [0, 0.1) is 11.3 Å². The lowest BCUT2D eigenvalue weighted by molar-refractivity contribution is 1.18. The molecule has 0 fully saturated rings. The molecule has 0 N–H and O–H groups in total. The van der Waals surface area contributed by atoms with Gasteiger partial charge >= 0.3 is 0 Å². The van der Waals surface area contributed by atoms with Crippen LogP contribution in [0.15, 0.2) is 182 Å². The lowest BCUT2D eigenvalue weighted by atomic mass is 9.99. The molecule has 1 heterocycles. The summed E-state index contributed by atoms with van der Waals surface area (Å²) < 4.78 is 2.35. The zero-order chi connectivity index (χ0) is 30.9. The van der Waals surface area contributed by atoms with Crippen LogP contribution in [0.4, 0.5) is 0 Å². The van der Waals surface area contributed by atoms with Crippen LogP contribution in [-0.2, 0) is 0 Å². The molecule has 216 valence electrons. The summed E-state index contributed by atoms with van der Waals surface area (Å²) in [5.41, 5.74) is 6.10. The van der Waals surface area contributed by atoms with Crippen molar-refractivity contribution in [2.24, 2.45) is 0 Å². The van der Waals surface area contributed by atoms with Gasteiger partial charge in [-0.2, -0.15) is 5.26 Å². The molecular formula is C43H30N2Si. The van der Waals surface area contributed by atoms with E-state index in [1.807, 2.05) is 6.07 Å². The third-order valence-corrected chi connectivity index (χ3v) is 14.0. The fourth-order valence-corrected chi connectivity index (χ4v) is 12.3. The molecule has 0 spiro atoms. The van der Waals surface area contributed by atoms with Crippen LogP contribution < -0.4 is 20.7 Å². The minimum absolute atomic E-state index is 0.677. The van der Waals surface area contributed by atoms with Crippen molar-refractivity contribution in [2.75, 3.05) is 0 Å². The quantitative estimate of drug-likeness (QED) is 0.142. The zero-order valence-corrected chi connectivity index (χ0v) is 26.2. The largest absolute Gasteiger partial charge is 0.309 e. The summed E-state index contributed by atoms with van der Waals surface area (Å²) >= 11 is 0. The van der Waals surface area contributed by atoms with Gasteiger partial charge in [-0.25, -0.2) is 0 Å². The Kier molecular flexibility index (Phi) is 6.91. The molecule has 0 aliphatic heterocycles. The van der Waals surface area contributed by atoms with Crippen LogP contribution in [-0.4, -0.2) is 12.6 Å². The Bertz CT molecular complexity index is 2220. The molecule has 0 unspecified atom stereocenters. The molecule has 2 nitrogen and oxygen atoms in total. The molecule has 0 saturated heterocycles. The highest BCUT2D eigenvalue weighted by molar-refractivity contribution is 7.20. The number of para-hydroxylation sites is 2.